The maximum absolute atomic E-state index is 5.88. The number of hydrogen-bond donors (Lipinski definition) is 0. The van der Waals surface area contributed by atoms with Crippen LogP contribution in [0.5, 0.6) is 0 Å². The van der Waals surface area contributed by atoms with Crippen LogP contribution in [-0.2, 0) is 5.88 Å². The Morgan fingerprint density at radius 1 is 1.36 bits per heavy atom. The highest BCUT2D eigenvalue weighted by atomic mass is 35.5. The Balaban J connectivity index is 1.83. The first kappa shape index (κ1) is 8.78. The highest BCUT2D eigenvalue weighted by Gasteiger charge is 2.52. The molecule has 0 aliphatic heterocycles. The lowest BCUT2D eigenvalue weighted by atomic mass is 10.0. The Morgan fingerprint density at radius 2 is 2.07 bits per heavy atom. The number of nitrogens with zero attached hydrogens (tertiary/aromatic N) is 2. The number of fused-ring (bicyclic) bond motifs is 1. The molecule has 0 bridgehead atoms. The predicted molar refractivity (Wildman–Crippen MR) is 56.3 cm³/mol. The second-order valence-corrected chi connectivity index (χ2v) is 4.80. The Labute approximate surface area is 89.3 Å². The monoisotopic (exact) mass is 210 g/mol. The molecule has 1 heterocycles. The van der Waals surface area contributed by atoms with Gasteiger partial charge in [-0.2, -0.15) is 0 Å². The summed E-state index contributed by atoms with van der Waals surface area (Å²) >= 11 is 5.88. The highest BCUT2D eigenvalue weighted by Crippen LogP contribution is 2.58. The zero-order valence-corrected chi connectivity index (χ0v) is 8.95. The molecule has 3 heteroatoms. The minimum atomic E-state index is 0.593. The Bertz CT molecular complexity index is 322. The second-order valence-electron chi connectivity index (χ2n) is 4.53. The highest BCUT2D eigenvalue weighted by molar-refractivity contribution is 6.16. The summed E-state index contributed by atoms with van der Waals surface area (Å²) in [5.74, 6) is 2.45. The van der Waals surface area contributed by atoms with Crippen LogP contribution < -0.4 is 0 Å². The van der Waals surface area contributed by atoms with Gasteiger partial charge in [0.15, 0.2) is 0 Å². The van der Waals surface area contributed by atoms with E-state index < -0.39 is 0 Å². The molecule has 2 unspecified atom stereocenters. The lowest BCUT2D eigenvalue weighted by Crippen LogP contribution is -1.99. The standard InChI is InChI=1S/C11H15ClN2/c12-5-8-6-13-7-14(8)11-9-3-1-2-4-10(9)11/h6-7,9-11H,1-5H2. The quantitative estimate of drug-likeness (QED) is 0.687. The van der Waals surface area contributed by atoms with Crippen LogP contribution in [0, 0.1) is 11.8 Å². The van der Waals surface area contributed by atoms with Gasteiger partial charge in [0.05, 0.1) is 17.9 Å². The first-order valence-corrected chi connectivity index (χ1v) is 6.02. The van der Waals surface area contributed by atoms with Gasteiger partial charge in [-0.3, -0.25) is 0 Å². The molecular formula is C11H15ClN2. The van der Waals surface area contributed by atoms with Gasteiger partial charge in [0.25, 0.3) is 0 Å². The third kappa shape index (κ3) is 1.20. The summed E-state index contributed by atoms with van der Waals surface area (Å²) in [6.45, 7) is 0. The Morgan fingerprint density at radius 3 is 2.71 bits per heavy atom. The summed E-state index contributed by atoms with van der Waals surface area (Å²) in [6.07, 6.45) is 9.52. The fraction of sp³-hybridized carbons (Fsp3) is 0.727. The third-order valence-electron chi connectivity index (χ3n) is 3.82. The third-order valence-corrected chi connectivity index (χ3v) is 4.09. The van der Waals surface area contributed by atoms with Crippen LogP contribution in [0.1, 0.15) is 37.4 Å². The largest absolute Gasteiger partial charge is 0.330 e. The molecule has 0 aromatic carbocycles. The number of rotatable bonds is 2. The summed E-state index contributed by atoms with van der Waals surface area (Å²) < 4.78 is 2.31. The minimum Gasteiger partial charge on any atom is -0.330 e. The van der Waals surface area contributed by atoms with Crippen LogP contribution in [0.3, 0.4) is 0 Å². The van der Waals surface area contributed by atoms with Crippen LogP contribution in [0.4, 0.5) is 0 Å². The fourth-order valence-electron chi connectivity index (χ4n) is 3.07. The summed E-state index contributed by atoms with van der Waals surface area (Å²) in [5.41, 5.74) is 1.19. The summed E-state index contributed by atoms with van der Waals surface area (Å²) in [7, 11) is 0. The van der Waals surface area contributed by atoms with E-state index in [4.69, 9.17) is 11.6 Å². The molecule has 14 heavy (non-hydrogen) atoms. The molecular weight excluding hydrogens is 196 g/mol. The van der Waals surface area contributed by atoms with Crippen molar-refractivity contribution < 1.29 is 0 Å². The van der Waals surface area contributed by atoms with Gasteiger partial charge in [-0.25, -0.2) is 4.98 Å². The molecule has 0 saturated heterocycles. The number of halogens is 1. The molecule has 2 atom stereocenters. The average molecular weight is 211 g/mol. The van der Waals surface area contributed by atoms with Gasteiger partial charge in [-0.05, 0) is 24.7 Å². The molecule has 2 aliphatic rings. The maximum atomic E-state index is 5.88. The van der Waals surface area contributed by atoms with E-state index in [2.05, 4.69) is 9.55 Å². The minimum absolute atomic E-state index is 0.593. The number of aromatic nitrogens is 2. The van der Waals surface area contributed by atoms with Gasteiger partial charge in [0.2, 0.25) is 0 Å². The van der Waals surface area contributed by atoms with E-state index in [0.717, 1.165) is 17.9 Å². The van der Waals surface area contributed by atoms with Crippen molar-refractivity contribution in [1.82, 2.24) is 9.55 Å². The molecule has 76 valence electrons. The first-order valence-electron chi connectivity index (χ1n) is 5.48. The maximum Gasteiger partial charge on any atom is 0.0951 e. The van der Waals surface area contributed by atoms with Crippen molar-refractivity contribution in [3.63, 3.8) is 0 Å². The van der Waals surface area contributed by atoms with E-state index in [1.807, 2.05) is 12.5 Å². The van der Waals surface area contributed by atoms with Crippen molar-refractivity contribution >= 4 is 11.6 Å². The van der Waals surface area contributed by atoms with Crippen molar-refractivity contribution in [1.29, 1.82) is 0 Å². The van der Waals surface area contributed by atoms with E-state index in [1.165, 1.54) is 31.4 Å². The van der Waals surface area contributed by atoms with Crippen LogP contribution >= 0.6 is 11.6 Å². The molecule has 2 saturated carbocycles. The van der Waals surface area contributed by atoms with Crippen molar-refractivity contribution in [2.24, 2.45) is 11.8 Å². The van der Waals surface area contributed by atoms with Crippen LogP contribution in [0.2, 0.25) is 0 Å². The van der Waals surface area contributed by atoms with Crippen molar-refractivity contribution in [2.75, 3.05) is 0 Å². The molecule has 0 radical (unpaired) electrons. The summed E-state index contributed by atoms with van der Waals surface area (Å²) in [4.78, 5) is 4.19. The van der Waals surface area contributed by atoms with E-state index >= 15 is 0 Å². The van der Waals surface area contributed by atoms with E-state index in [9.17, 15) is 0 Å². The predicted octanol–water partition coefficient (Wildman–Crippen LogP) is 2.98. The molecule has 0 N–H and O–H groups in total. The van der Waals surface area contributed by atoms with Gasteiger partial charge in [-0.1, -0.05) is 12.8 Å². The van der Waals surface area contributed by atoms with Gasteiger partial charge < -0.3 is 4.57 Å². The first-order chi connectivity index (χ1) is 6.92. The molecule has 0 amide bonds. The Hall–Kier alpha value is -0.500. The topological polar surface area (TPSA) is 17.8 Å². The molecule has 1 aromatic heterocycles. The lowest BCUT2D eigenvalue weighted by Gasteiger charge is -2.04. The van der Waals surface area contributed by atoms with Gasteiger partial charge in [0, 0.05) is 12.2 Å². The molecule has 2 nitrogen and oxygen atoms in total. The zero-order valence-electron chi connectivity index (χ0n) is 8.19. The van der Waals surface area contributed by atoms with Gasteiger partial charge >= 0.3 is 0 Å². The molecule has 1 aromatic rings. The fourth-order valence-corrected chi connectivity index (χ4v) is 3.28. The number of imidazole rings is 1. The van der Waals surface area contributed by atoms with E-state index in [0.29, 0.717) is 5.88 Å². The molecule has 2 fully saturated rings. The summed E-state index contributed by atoms with van der Waals surface area (Å²) in [6, 6.07) is 0.730. The summed E-state index contributed by atoms with van der Waals surface area (Å²) in [5, 5.41) is 0. The van der Waals surface area contributed by atoms with E-state index in [-0.39, 0.29) is 0 Å². The number of alkyl halides is 1. The van der Waals surface area contributed by atoms with Crippen molar-refractivity contribution in [3.8, 4) is 0 Å². The molecule has 0 spiro atoms. The van der Waals surface area contributed by atoms with Gasteiger partial charge in [0.1, 0.15) is 0 Å². The van der Waals surface area contributed by atoms with Crippen molar-refractivity contribution in [2.45, 2.75) is 37.6 Å². The molecule has 3 rings (SSSR count). The normalized spacial score (nSPS) is 35.4. The van der Waals surface area contributed by atoms with Crippen molar-refractivity contribution in [3.05, 3.63) is 18.2 Å². The average Bonchev–Trinajstić information content (AvgIpc) is 2.77. The number of hydrogen-bond acceptors (Lipinski definition) is 1. The van der Waals surface area contributed by atoms with Gasteiger partial charge in [-0.15, -0.1) is 11.6 Å². The van der Waals surface area contributed by atoms with E-state index in [1.54, 1.807) is 0 Å². The molecule has 2 aliphatic carbocycles. The SMILES string of the molecule is ClCc1cncn1C1C2CCCCC21. The Kier molecular flexibility index (Phi) is 2.05. The lowest BCUT2D eigenvalue weighted by molar-refractivity contribution is 0.480. The van der Waals surface area contributed by atoms with Crippen LogP contribution in [0.25, 0.3) is 0 Å². The second kappa shape index (κ2) is 3.27. The zero-order chi connectivity index (χ0) is 9.54. The smallest absolute Gasteiger partial charge is 0.0951 e. The van der Waals surface area contributed by atoms with Crippen LogP contribution in [0.15, 0.2) is 12.5 Å². The van der Waals surface area contributed by atoms with Crippen LogP contribution in [-0.4, -0.2) is 9.55 Å².